The van der Waals surface area contributed by atoms with Crippen LogP contribution in [-0.4, -0.2) is 43.8 Å². The molecule has 6 rings (SSSR count). The van der Waals surface area contributed by atoms with Crippen LogP contribution in [0, 0.1) is 0 Å². The first-order valence-corrected chi connectivity index (χ1v) is 12.4. The maximum absolute atomic E-state index is 9.72. The minimum Gasteiger partial charge on any atom is -0.392 e. The predicted molar refractivity (Wildman–Crippen MR) is 135 cm³/mol. The number of aliphatic hydroxyl groups is 1. The van der Waals surface area contributed by atoms with Gasteiger partial charge in [-0.3, -0.25) is 9.44 Å². The van der Waals surface area contributed by atoms with Gasteiger partial charge in [0.2, 0.25) is 0 Å². The number of rotatable bonds is 4. The van der Waals surface area contributed by atoms with E-state index >= 15 is 0 Å². The molecule has 6 nitrogen and oxygen atoms in total. The number of pyridine rings is 1. The Morgan fingerprint density at radius 3 is 2.76 bits per heavy atom. The molecule has 0 aliphatic carbocycles. The van der Waals surface area contributed by atoms with Gasteiger partial charge in [0, 0.05) is 34.3 Å². The Hall–Kier alpha value is -3.54. The number of aliphatic hydroxyl groups excluding tert-OH is 1. The van der Waals surface area contributed by atoms with Gasteiger partial charge in [0.05, 0.1) is 23.2 Å². The molecule has 3 aromatic heterocycles. The lowest BCUT2D eigenvalue weighted by Gasteiger charge is -2.09. The quantitative estimate of drug-likeness (QED) is 0.286. The topological polar surface area (TPSA) is 79.6 Å². The highest BCUT2D eigenvalue weighted by Crippen LogP contribution is 2.39. The minimum absolute atomic E-state index is 0.0713. The number of hydrogen-bond acceptors (Lipinski definition) is 4. The van der Waals surface area contributed by atoms with E-state index in [1.165, 1.54) is 0 Å². The lowest BCUT2D eigenvalue weighted by Crippen LogP contribution is -1.93. The first-order valence-electron chi connectivity index (χ1n) is 10.6. The summed E-state index contributed by atoms with van der Waals surface area (Å²) in [5.74, 6) is 0.652. The Labute approximate surface area is 192 Å². The summed E-state index contributed by atoms with van der Waals surface area (Å²) in [6.07, 6.45) is 3.78. The molecule has 33 heavy (non-hydrogen) atoms. The van der Waals surface area contributed by atoms with Gasteiger partial charge in [-0.1, -0.05) is 42.5 Å². The maximum atomic E-state index is 9.72. The molecule has 0 bridgehead atoms. The van der Waals surface area contributed by atoms with E-state index in [2.05, 4.69) is 40.3 Å². The Morgan fingerprint density at radius 2 is 1.91 bits per heavy atom. The van der Waals surface area contributed by atoms with E-state index in [-0.39, 0.29) is 6.61 Å². The van der Waals surface area contributed by atoms with Crippen molar-refractivity contribution < 1.29 is 5.11 Å². The second-order valence-electron chi connectivity index (χ2n) is 8.01. The van der Waals surface area contributed by atoms with Gasteiger partial charge in [0.25, 0.3) is 0 Å². The summed E-state index contributed by atoms with van der Waals surface area (Å²) in [6, 6.07) is 20.3. The van der Waals surface area contributed by atoms with Crippen LogP contribution >= 0.6 is 7.95 Å². The number of aromatic amines is 1. The summed E-state index contributed by atoms with van der Waals surface area (Å²) >= 11 is 0. The second kappa shape index (κ2) is 7.80. The van der Waals surface area contributed by atoms with E-state index in [0.717, 1.165) is 55.1 Å². The number of hydrogen-bond donors (Lipinski definition) is 2. The highest BCUT2D eigenvalue weighted by atomic mass is 31.1. The number of nitrogens with zero attached hydrogens (tertiary/aromatic N) is 4. The van der Waals surface area contributed by atoms with E-state index in [1.54, 1.807) is 0 Å². The van der Waals surface area contributed by atoms with Crippen LogP contribution in [0.15, 0.2) is 73.1 Å². The molecular formula is C25H19BN5OP. The number of fused-ring (bicyclic) bond motifs is 3. The lowest BCUT2D eigenvalue weighted by atomic mass is 9.99. The summed E-state index contributed by atoms with van der Waals surface area (Å²) in [4.78, 5) is 12.6. The molecule has 0 fully saturated rings. The highest BCUT2D eigenvalue weighted by Gasteiger charge is 2.19. The zero-order chi connectivity index (χ0) is 22.5. The average Bonchev–Trinajstić information content (AvgIpc) is 3.44. The normalized spacial score (nSPS) is 12.7. The van der Waals surface area contributed by atoms with Crippen LogP contribution in [0.2, 0.25) is 0 Å². The van der Waals surface area contributed by atoms with E-state index < -0.39 is 7.95 Å². The van der Waals surface area contributed by atoms with E-state index in [0.29, 0.717) is 5.82 Å². The Kier molecular flexibility index (Phi) is 4.75. The van der Waals surface area contributed by atoms with Crippen molar-refractivity contribution in [2.24, 2.45) is 0 Å². The monoisotopic (exact) mass is 447 g/mol. The molecule has 0 spiro atoms. The third-order valence-corrected chi connectivity index (χ3v) is 6.83. The summed E-state index contributed by atoms with van der Waals surface area (Å²) in [5, 5.41) is 17.8. The zero-order valence-corrected chi connectivity index (χ0v) is 18.8. The molecule has 0 saturated carbocycles. The fourth-order valence-corrected chi connectivity index (χ4v) is 5.11. The van der Waals surface area contributed by atoms with Crippen LogP contribution in [0.1, 0.15) is 5.56 Å². The van der Waals surface area contributed by atoms with Crippen molar-refractivity contribution in [3.05, 3.63) is 78.6 Å². The Bertz CT molecular complexity index is 1650. The van der Waals surface area contributed by atoms with Crippen molar-refractivity contribution in [2.75, 3.05) is 6.66 Å². The first kappa shape index (κ1) is 20.1. The van der Waals surface area contributed by atoms with Crippen LogP contribution in [0.4, 0.5) is 0 Å². The van der Waals surface area contributed by atoms with Crippen molar-refractivity contribution in [2.45, 2.75) is 6.61 Å². The smallest absolute Gasteiger partial charge is 0.159 e. The second-order valence-corrected chi connectivity index (χ2v) is 9.53. The fourth-order valence-electron chi connectivity index (χ4n) is 4.36. The number of nitrogens with one attached hydrogen (secondary N) is 1. The van der Waals surface area contributed by atoms with Crippen molar-refractivity contribution in [3.8, 4) is 22.6 Å². The van der Waals surface area contributed by atoms with Crippen molar-refractivity contribution in [1.29, 1.82) is 0 Å². The zero-order valence-electron chi connectivity index (χ0n) is 17.9. The average molecular weight is 447 g/mol. The van der Waals surface area contributed by atoms with E-state index in [4.69, 9.17) is 17.6 Å². The van der Waals surface area contributed by atoms with Crippen LogP contribution in [-0.2, 0) is 6.61 Å². The van der Waals surface area contributed by atoms with Gasteiger partial charge in [0.15, 0.2) is 5.82 Å². The van der Waals surface area contributed by atoms with Gasteiger partial charge in [-0.05, 0) is 43.8 Å². The summed E-state index contributed by atoms with van der Waals surface area (Å²) in [6.45, 7) is 1.90. The molecule has 0 amide bonds. The molecule has 2 N–H and O–H groups in total. The van der Waals surface area contributed by atoms with Gasteiger partial charge in [-0.15, -0.1) is 0 Å². The Morgan fingerprint density at radius 1 is 1.03 bits per heavy atom. The summed E-state index contributed by atoms with van der Waals surface area (Å²) in [5.41, 5.74) is 6.20. The molecule has 6 aromatic rings. The molecule has 8 heteroatoms. The maximum Gasteiger partial charge on any atom is 0.159 e. The number of para-hydroxylation sites is 1. The third-order valence-electron chi connectivity index (χ3n) is 5.93. The van der Waals surface area contributed by atoms with Gasteiger partial charge in [-0.25, -0.2) is 4.98 Å². The molecule has 1 atom stereocenters. The van der Waals surface area contributed by atoms with Gasteiger partial charge in [0.1, 0.15) is 13.3 Å². The molecule has 1 unspecified atom stereocenters. The van der Waals surface area contributed by atoms with Crippen molar-refractivity contribution in [3.63, 3.8) is 0 Å². The summed E-state index contributed by atoms with van der Waals surface area (Å²) < 4.78 is 1.88. The van der Waals surface area contributed by atoms with Gasteiger partial charge < -0.3 is 10.1 Å². The molecule has 0 saturated heterocycles. The number of imidazole rings is 1. The third kappa shape index (κ3) is 3.24. The lowest BCUT2D eigenvalue weighted by molar-refractivity contribution is 0.283. The van der Waals surface area contributed by atoms with Crippen LogP contribution in [0.3, 0.4) is 0 Å². The predicted octanol–water partition coefficient (Wildman–Crippen LogP) is 5.25. The Balaban J connectivity index is 1.61. The number of benzene rings is 3. The van der Waals surface area contributed by atoms with Crippen LogP contribution < -0.4 is 0 Å². The van der Waals surface area contributed by atoms with E-state index in [1.807, 2.05) is 53.8 Å². The van der Waals surface area contributed by atoms with Crippen molar-refractivity contribution >= 4 is 48.2 Å². The van der Waals surface area contributed by atoms with Gasteiger partial charge >= 0.3 is 0 Å². The number of H-pyrrole nitrogens is 1. The molecule has 0 aliphatic heterocycles. The van der Waals surface area contributed by atoms with E-state index in [9.17, 15) is 5.11 Å². The standard InChI is InChI=1S/C25H19BN5OP/c1-33(26)31-22-10-9-15(20-13-27-12-16-5-2-3-7-18(16)20)11-19(22)24(30-31)25-28-21-8-4-6-17(14-32)23(21)29-25/h2-13,32H,14H2,1H3,(H,28,29). The molecular weight excluding hydrogens is 428 g/mol. The first-order chi connectivity index (χ1) is 16.1. The molecule has 0 aliphatic rings. The largest absolute Gasteiger partial charge is 0.392 e. The fraction of sp³-hybridized carbons (Fsp3) is 0.0800. The number of aromatic nitrogens is 5. The van der Waals surface area contributed by atoms with Crippen LogP contribution in [0.25, 0.3) is 55.4 Å². The minimum atomic E-state index is -0.979. The van der Waals surface area contributed by atoms with Crippen molar-refractivity contribution in [1.82, 2.24) is 24.5 Å². The molecule has 3 heterocycles. The summed E-state index contributed by atoms with van der Waals surface area (Å²) in [7, 11) is 5.33. The van der Waals surface area contributed by atoms with Crippen LogP contribution in [0.5, 0.6) is 0 Å². The molecule has 158 valence electrons. The highest BCUT2D eigenvalue weighted by molar-refractivity contribution is 7.80. The SMILES string of the molecule is [B]P(C)n1nc(-c2nc3c(CO)cccc3[nH]2)c2cc(-c3cncc4ccccc34)ccc21. The van der Waals surface area contributed by atoms with Gasteiger partial charge in [-0.2, -0.15) is 5.10 Å². The molecule has 3 aromatic carbocycles. The molecule has 2 radical (unpaired) electrons.